The van der Waals surface area contributed by atoms with Gasteiger partial charge in [-0.15, -0.1) is 4.73 Å². The van der Waals surface area contributed by atoms with Gasteiger partial charge in [0.05, 0.1) is 5.10 Å². The highest BCUT2D eigenvalue weighted by atomic mass is 16.7. The Hall–Kier alpha value is -2.37. The molecule has 2 rings (SSSR count). The van der Waals surface area contributed by atoms with E-state index in [4.69, 9.17) is 10.2 Å². The quantitative estimate of drug-likeness (QED) is 0.485. The summed E-state index contributed by atoms with van der Waals surface area (Å²) in [6.45, 7) is 4.09. The third-order valence-electron chi connectivity index (χ3n) is 2.47. The van der Waals surface area contributed by atoms with E-state index in [1.54, 1.807) is 12.1 Å². The summed E-state index contributed by atoms with van der Waals surface area (Å²) in [6.07, 6.45) is 3.66. The lowest BCUT2D eigenvalue weighted by Gasteiger charge is -2.09. The summed E-state index contributed by atoms with van der Waals surface area (Å²) in [7, 11) is 0. The molecular formula is C12H14N4O2. The molecule has 0 amide bonds. The van der Waals surface area contributed by atoms with E-state index in [2.05, 4.69) is 5.10 Å². The summed E-state index contributed by atoms with van der Waals surface area (Å²) in [4.78, 5) is 5.86. The van der Waals surface area contributed by atoms with Crippen molar-refractivity contribution in [3.8, 4) is 0 Å². The normalized spacial score (nSPS) is 11.2. The summed E-state index contributed by atoms with van der Waals surface area (Å²) in [6, 6.07) is 5.32. The van der Waals surface area contributed by atoms with Gasteiger partial charge in [0, 0.05) is 6.07 Å². The summed E-state index contributed by atoms with van der Waals surface area (Å²) in [5.41, 5.74) is 1.63. The lowest BCUT2D eigenvalue weighted by molar-refractivity contribution is -0.645. The van der Waals surface area contributed by atoms with Crippen molar-refractivity contribution in [1.29, 1.82) is 5.41 Å². The summed E-state index contributed by atoms with van der Waals surface area (Å²) >= 11 is 0. The molecule has 0 fully saturated rings. The Labute approximate surface area is 104 Å². The van der Waals surface area contributed by atoms with Crippen molar-refractivity contribution in [3.63, 3.8) is 0 Å². The molecule has 1 N–H and O–H groups in total. The zero-order chi connectivity index (χ0) is 13.1. The molecule has 1 aromatic carbocycles. The highest BCUT2D eigenvalue weighted by Crippen LogP contribution is 2.08. The molecule has 0 aliphatic rings. The number of nitrogens with zero attached hydrogens (tertiary/aromatic N) is 3. The highest BCUT2D eigenvalue weighted by molar-refractivity contribution is 5.71. The average molecular weight is 246 g/mol. The number of benzene rings is 1. The summed E-state index contributed by atoms with van der Waals surface area (Å²) in [5, 5.41) is 22.9. The highest BCUT2D eigenvalue weighted by Gasteiger charge is 2.12. The number of fused-ring (bicyclic) bond motifs is 1. The Kier molecular flexibility index (Phi) is 3.27. The molecule has 0 saturated heterocycles. The van der Waals surface area contributed by atoms with Crippen LogP contribution in [0.2, 0.25) is 0 Å². The molecule has 1 aromatic heterocycles. The van der Waals surface area contributed by atoms with Gasteiger partial charge in [-0.25, -0.2) is 0 Å². The van der Waals surface area contributed by atoms with Gasteiger partial charge in [0.2, 0.25) is 0 Å². The van der Waals surface area contributed by atoms with Crippen molar-refractivity contribution in [2.75, 3.05) is 6.61 Å². The van der Waals surface area contributed by atoms with Crippen molar-refractivity contribution >= 4 is 11.0 Å². The predicted molar refractivity (Wildman–Crippen MR) is 65.5 cm³/mol. The molecule has 0 bridgehead atoms. The second-order valence-corrected chi connectivity index (χ2v) is 3.85. The van der Waals surface area contributed by atoms with E-state index < -0.39 is 0 Å². The zero-order valence-corrected chi connectivity index (χ0v) is 10.3. The van der Waals surface area contributed by atoms with Gasteiger partial charge < -0.3 is 10.0 Å². The van der Waals surface area contributed by atoms with E-state index in [0.29, 0.717) is 22.5 Å². The van der Waals surface area contributed by atoms with Crippen LogP contribution in [0.5, 0.6) is 0 Å². The number of allylic oxidation sites excluding steroid dienone is 1. The monoisotopic (exact) mass is 246 g/mol. The van der Waals surface area contributed by atoms with Crippen LogP contribution < -0.4 is 15.3 Å². The predicted octanol–water partition coefficient (Wildman–Crippen LogP) is 0.462. The first-order valence-electron chi connectivity index (χ1n) is 5.56. The van der Waals surface area contributed by atoms with Crippen molar-refractivity contribution in [2.24, 2.45) is 0 Å². The van der Waals surface area contributed by atoms with Gasteiger partial charge in [-0.3, -0.25) is 5.41 Å². The van der Waals surface area contributed by atoms with E-state index in [1.165, 1.54) is 4.73 Å². The van der Waals surface area contributed by atoms with Crippen LogP contribution in [0.1, 0.15) is 12.5 Å². The molecule has 0 radical (unpaired) electrons. The largest absolute Gasteiger partial charge is 0.594 e. The molecule has 0 unspecified atom stereocenters. The first kappa shape index (κ1) is 12.1. The lowest BCUT2D eigenvalue weighted by atomic mass is 10.2. The average Bonchev–Trinajstić information content (AvgIpc) is 2.34. The van der Waals surface area contributed by atoms with Crippen molar-refractivity contribution in [2.45, 2.75) is 13.8 Å². The van der Waals surface area contributed by atoms with Crippen LogP contribution in [0.3, 0.4) is 0 Å². The van der Waals surface area contributed by atoms with Crippen LogP contribution in [-0.4, -0.2) is 16.4 Å². The standard InChI is InChI=1S/C12H14N4O2/c1-3-4-7-18-15-10-6-5-9(2)8-11(10)16(17)14-12(15)13/h3-6,8,13H,7H2,1-2H3/b4-3+,13-12?. The maximum Gasteiger partial charge on any atom is 0.322 e. The lowest BCUT2D eigenvalue weighted by Crippen LogP contribution is -2.44. The number of aromatic nitrogens is 3. The van der Waals surface area contributed by atoms with Gasteiger partial charge in [0.15, 0.2) is 5.52 Å². The van der Waals surface area contributed by atoms with Crippen LogP contribution in [0.15, 0.2) is 30.4 Å². The van der Waals surface area contributed by atoms with Crippen LogP contribution in [0.4, 0.5) is 0 Å². The fourth-order valence-electron chi connectivity index (χ4n) is 1.60. The van der Waals surface area contributed by atoms with E-state index in [0.717, 1.165) is 5.56 Å². The smallest absolute Gasteiger partial charge is 0.322 e. The Morgan fingerprint density at radius 2 is 2.33 bits per heavy atom. The number of hydrogen-bond acceptors (Lipinski definition) is 4. The first-order valence-corrected chi connectivity index (χ1v) is 5.56. The number of nitrogens with one attached hydrogen (secondary N) is 1. The minimum absolute atomic E-state index is 0.231. The first-order chi connectivity index (χ1) is 8.63. The van der Waals surface area contributed by atoms with E-state index in [-0.39, 0.29) is 5.62 Å². The molecule has 0 spiro atoms. The van der Waals surface area contributed by atoms with Crippen LogP contribution in [0, 0.1) is 17.5 Å². The topological polar surface area (TPSA) is 77.8 Å². The minimum Gasteiger partial charge on any atom is -0.594 e. The van der Waals surface area contributed by atoms with Gasteiger partial charge in [0.25, 0.3) is 5.52 Å². The van der Waals surface area contributed by atoms with E-state index >= 15 is 0 Å². The molecule has 0 aliphatic heterocycles. The Balaban J connectivity index is 2.61. The molecule has 0 saturated carbocycles. The Morgan fingerprint density at radius 3 is 3.06 bits per heavy atom. The Bertz CT molecular complexity index is 661. The second kappa shape index (κ2) is 4.87. The molecule has 2 aromatic rings. The van der Waals surface area contributed by atoms with Gasteiger partial charge in [-0.05, 0) is 36.4 Å². The van der Waals surface area contributed by atoms with Crippen molar-refractivity contribution < 1.29 is 9.68 Å². The SMILES string of the molecule is C/C=C/COn1c(=N)n[n+]([O-])c2cc(C)ccc21. The molecule has 6 nitrogen and oxygen atoms in total. The maximum atomic E-state index is 11.6. The van der Waals surface area contributed by atoms with Gasteiger partial charge in [-0.1, -0.05) is 12.1 Å². The van der Waals surface area contributed by atoms with Crippen LogP contribution in [-0.2, 0) is 0 Å². The minimum atomic E-state index is -0.231. The van der Waals surface area contributed by atoms with Gasteiger partial charge in [0.1, 0.15) is 6.61 Å². The molecule has 1 heterocycles. The van der Waals surface area contributed by atoms with Crippen molar-refractivity contribution in [3.05, 3.63) is 46.7 Å². The van der Waals surface area contributed by atoms with Crippen molar-refractivity contribution in [1.82, 2.24) is 9.83 Å². The van der Waals surface area contributed by atoms with Gasteiger partial charge >= 0.3 is 5.62 Å². The number of hydrogen-bond donors (Lipinski definition) is 1. The number of rotatable bonds is 3. The van der Waals surface area contributed by atoms with Crippen LogP contribution >= 0.6 is 0 Å². The molecule has 0 atom stereocenters. The molecule has 18 heavy (non-hydrogen) atoms. The van der Waals surface area contributed by atoms with Gasteiger partial charge in [-0.2, -0.15) is 0 Å². The fraction of sp³-hybridized carbons (Fsp3) is 0.250. The molecule has 6 heteroatoms. The summed E-state index contributed by atoms with van der Waals surface area (Å²) < 4.78 is 1.25. The molecule has 0 aliphatic carbocycles. The summed E-state index contributed by atoms with van der Waals surface area (Å²) in [5.74, 6) is 0. The number of aryl methyl sites for hydroxylation is 1. The third kappa shape index (κ3) is 2.17. The second-order valence-electron chi connectivity index (χ2n) is 3.85. The Morgan fingerprint density at radius 1 is 1.56 bits per heavy atom. The zero-order valence-electron chi connectivity index (χ0n) is 10.3. The maximum absolute atomic E-state index is 11.6. The van der Waals surface area contributed by atoms with Crippen LogP contribution in [0.25, 0.3) is 11.0 Å². The van der Waals surface area contributed by atoms with E-state index in [9.17, 15) is 5.21 Å². The third-order valence-corrected chi connectivity index (χ3v) is 2.47. The van der Waals surface area contributed by atoms with E-state index in [1.807, 2.05) is 32.1 Å². The molecule has 94 valence electrons. The molecular weight excluding hydrogens is 232 g/mol. The fourth-order valence-corrected chi connectivity index (χ4v) is 1.60.